The molecule has 0 bridgehead atoms. The first-order valence-electron chi connectivity index (χ1n) is 7.03. The molecule has 0 spiro atoms. The second kappa shape index (κ2) is 6.02. The Hall–Kier alpha value is -1.26. The molecule has 1 aromatic heterocycles. The van der Waals surface area contributed by atoms with Gasteiger partial charge in [0.05, 0.1) is 12.2 Å². The summed E-state index contributed by atoms with van der Waals surface area (Å²) in [5.41, 5.74) is 2.39. The van der Waals surface area contributed by atoms with Crippen molar-refractivity contribution in [3.63, 3.8) is 0 Å². The van der Waals surface area contributed by atoms with Gasteiger partial charge in [0.2, 0.25) is 5.89 Å². The highest BCUT2D eigenvalue weighted by atomic mass is 32.2. The van der Waals surface area contributed by atoms with Crippen LogP contribution in [0.4, 0.5) is 0 Å². The Morgan fingerprint density at radius 2 is 2.10 bits per heavy atom. The Morgan fingerprint density at radius 1 is 1.30 bits per heavy atom. The van der Waals surface area contributed by atoms with E-state index in [9.17, 15) is 0 Å². The lowest BCUT2D eigenvalue weighted by molar-refractivity contribution is 0.191. The lowest BCUT2D eigenvalue weighted by Gasteiger charge is -2.34. The van der Waals surface area contributed by atoms with Crippen LogP contribution in [0.15, 0.2) is 34.7 Å². The minimum absolute atomic E-state index is 0.461. The summed E-state index contributed by atoms with van der Waals surface area (Å²) in [7, 11) is 0. The van der Waals surface area contributed by atoms with E-state index >= 15 is 0 Å². The summed E-state index contributed by atoms with van der Waals surface area (Å²) in [6.07, 6.45) is 0. The normalized spacial score (nSPS) is 20.2. The quantitative estimate of drug-likeness (QED) is 0.863. The van der Waals surface area contributed by atoms with Crippen LogP contribution in [0.2, 0.25) is 0 Å². The maximum Gasteiger partial charge on any atom is 0.208 e. The van der Waals surface area contributed by atoms with Crippen molar-refractivity contribution >= 4 is 11.8 Å². The van der Waals surface area contributed by atoms with E-state index in [2.05, 4.69) is 40.2 Å². The first-order chi connectivity index (χ1) is 9.74. The molecule has 4 heteroatoms. The minimum atomic E-state index is 0.461. The Morgan fingerprint density at radius 3 is 2.80 bits per heavy atom. The molecule has 3 rings (SSSR count). The third-order valence-corrected chi connectivity index (χ3v) is 4.86. The molecule has 1 atom stereocenters. The van der Waals surface area contributed by atoms with Gasteiger partial charge < -0.3 is 4.42 Å². The van der Waals surface area contributed by atoms with E-state index in [1.54, 1.807) is 0 Å². The van der Waals surface area contributed by atoms with Gasteiger partial charge in [0.1, 0.15) is 5.76 Å². The molecule has 0 radical (unpaired) electrons. The molecule has 106 valence electrons. The third kappa shape index (κ3) is 2.91. The number of hydrogen-bond acceptors (Lipinski definition) is 4. The predicted octanol–water partition coefficient (Wildman–Crippen LogP) is 3.58. The Balaban J connectivity index is 1.79. The summed E-state index contributed by atoms with van der Waals surface area (Å²) in [4.78, 5) is 7.00. The van der Waals surface area contributed by atoms with Crippen molar-refractivity contribution in [1.29, 1.82) is 0 Å². The number of hydrogen-bond donors (Lipinski definition) is 0. The van der Waals surface area contributed by atoms with Crippen molar-refractivity contribution in [2.75, 3.05) is 18.1 Å². The van der Waals surface area contributed by atoms with Crippen LogP contribution in [-0.4, -0.2) is 27.9 Å². The molecule has 3 nitrogen and oxygen atoms in total. The van der Waals surface area contributed by atoms with E-state index in [0.29, 0.717) is 6.04 Å². The topological polar surface area (TPSA) is 29.3 Å². The number of aromatic nitrogens is 1. The van der Waals surface area contributed by atoms with Gasteiger partial charge in [-0.3, -0.25) is 4.90 Å². The van der Waals surface area contributed by atoms with Crippen molar-refractivity contribution < 1.29 is 4.42 Å². The molecular weight excluding hydrogens is 268 g/mol. The zero-order valence-electron chi connectivity index (χ0n) is 12.0. The fraction of sp³-hybridized carbons (Fsp3) is 0.438. The van der Waals surface area contributed by atoms with Gasteiger partial charge in [-0.25, -0.2) is 4.98 Å². The van der Waals surface area contributed by atoms with E-state index in [0.717, 1.165) is 36.2 Å². The third-order valence-electron chi connectivity index (χ3n) is 3.83. The maximum absolute atomic E-state index is 5.74. The minimum Gasteiger partial charge on any atom is -0.444 e. The average Bonchev–Trinajstić information content (AvgIpc) is 2.79. The number of benzene rings is 1. The zero-order valence-corrected chi connectivity index (χ0v) is 12.8. The van der Waals surface area contributed by atoms with Crippen molar-refractivity contribution in [2.45, 2.75) is 26.4 Å². The molecule has 1 aromatic carbocycles. The summed E-state index contributed by atoms with van der Waals surface area (Å²) < 4.78 is 5.74. The fourth-order valence-corrected chi connectivity index (χ4v) is 3.75. The number of thioether (sulfide) groups is 1. The van der Waals surface area contributed by atoms with Crippen molar-refractivity contribution in [3.8, 4) is 0 Å². The standard InChI is InChI=1S/C16H20N2OS/c1-12-13(2)19-16(17-12)10-18-8-9-20-11-15(18)14-6-4-3-5-7-14/h3-7,15H,8-11H2,1-2H3/t15-/m1/s1. The molecule has 1 aliphatic heterocycles. The summed E-state index contributed by atoms with van der Waals surface area (Å²) in [6, 6.07) is 11.2. The van der Waals surface area contributed by atoms with Gasteiger partial charge >= 0.3 is 0 Å². The number of aryl methyl sites for hydroxylation is 2. The first kappa shape index (κ1) is 13.7. The molecule has 0 saturated carbocycles. The monoisotopic (exact) mass is 288 g/mol. The van der Waals surface area contributed by atoms with Crippen LogP contribution in [0, 0.1) is 13.8 Å². The Kier molecular flexibility index (Phi) is 4.13. The SMILES string of the molecule is Cc1nc(CN2CCSC[C@@H]2c2ccccc2)oc1C. The van der Waals surface area contributed by atoms with Crippen LogP contribution in [0.25, 0.3) is 0 Å². The smallest absolute Gasteiger partial charge is 0.208 e. The highest BCUT2D eigenvalue weighted by Gasteiger charge is 2.25. The van der Waals surface area contributed by atoms with Gasteiger partial charge in [-0.15, -0.1) is 0 Å². The van der Waals surface area contributed by atoms with E-state index in [1.165, 1.54) is 11.3 Å². The molecule has 20 heavy (non-hydrogen) atoms. The molecule has 0 aliphatic carbocycles. The largest absolute Gasteiger partial charge is 0.444 e. The Labute approximate surface area is 124 Å². The maximum atomic E-state index is 5.74. The van der Waals surface area contributed by atoms with E-state index in [4.69, 9.17) is 4.42 Å². The van der Waals surface area contributed by atoms with Gasteiger partial charge in [0.25, 0.3) is 0 Å². The van der Waals surface area contributed by atoms with Crippen LogP contribution in [-0.2, 0) is 6.54 Å². The second-order valence-electron chi connectivity index (χ2n) is 5.22. The molecule has 1 saturated heterocycles. The fourth-order valence-electron chi connectivity index (χ4n) is 2.59. The van der Waals surface area contributed by atoms with Gasteiger partial charge in [0.15, 0.2) is 0 Å². The highest BCUT2D eigenvalue weighted by molar-refractivity contribution is 7.99. The molecule has 0 amide bonds. The molecule has 0 N–H and O–H groups in total. The Bertz CT molecular complexity index is 548. The second-order valence-corrected chi connectivity index (χ2v) is 6.37. The summed E-state index contributed by atoms with van der Waals surface area (Å²) in [5, 5.41) is 0. The molecule has 1 aliphatic rings. The van der Waals surface area contributed by atoms with Gasteiger partial charge in [0, 0.05) is 24.1 Å². The van der Waals surface area contributed by atoms with Crippen LogP contribution >= 0.6 is 11.8 Å². The van der Waals surface area contributed by atoms with E-state index < -0.39 is 0 Å². The van der Waals surface area contributed by atoms with E-state index in [-0.39, 0.29) is 0 Å². The number of oxazole rings is 1. The van der Waals surface area contributed by atoms with Crippen molar-refractivity contribution in [2.24, 2.45) is 0 Å². The first-order valence-corrected chi connectivity index (χ1v) is 8.19. The average molecular weight is 288 g/mol. The number of nitrogens with zero attached hydrogens (tertiary/aromatic N) is 2. The highest BCUT2D eigenvalue weighted by Crippen LogP contribution is 2.30. The van der Waals surface area contributed by atoms with Crippen molar-refractivity contribution in [3.05, 3.63) is 53.2 Å². The molecule has 0 unspecified atom stereocenters. The van der Waals surface area contributed by atoms with Gasteiger partial charge in [-0.1, -0.05) is 30.3 Å². The summed E-state index contributed by atoms with van der Waals surface area (Å²) in [5.74, 6) is 4.10. The predicted molar refractivity (Wildman–Crippen MR) is 82.9 cm³/mol. The van der Waals surface area contributed by atoms with Crippen molar-refractivity contribution in [1.82, 2.24) is 9.88 Å². The number of rotatable bonds is 3. The zero-order chi connectivity index (χ0) is 13.9. The molecular formula is C16H20N2OS. The molecule has 2 heterocycles. The lowest BCUT2D eigenvalue weighted by Crippen LogP contribution is -2.35. The van der Waals surface area contributed by atoms with Gasteiger partial charge in [-0.05, 0) is 19.4 Å². The summed E-state index contributed by atoms with van der Waals surface area (Å²) in [6.45, 7) is 5.87. The van der Waals surface area contributed by atoms with Crippen LogP contribution in [0.1, 0.15) is 29.0 Å². The molecule has 2 aromatic rings. The van der Waals surface area contributed by atoms with Crippen LogP contribution in [0.5, 0.6) is 0 Å². The van der Waals surface area contributed by atoms with Crippen LogP contribution < -0.4 is 0 Å². The summed E-state index contributed by atoms with van der Waals surface area (Å²) >= 11 is 2.03. The van der Waals surface area contributed by atoms with Crippen LogP contribution in [0.3, 0.4) is 0 Å². The molecule has 1 fully saturated rings. The van der Waals surface area contributed by atoms with E-state index in [1.807, 2.05) is 25.6 Å². The van der Waals surface area contributed by atoms with Gasteiger partial charge in [-0.2, -0.15) is 11.8 Å². The lowest BCUT2D eigenvalue weighted by atomic mass is 10.1.